The van der Waals surface area contributed by atoms with Crippen molar-refractivity contribution in [2.75, 3.05) is 6.54 Å². The van der Waals surface area contributed by atoms with Crippen molar-refractivity contribution in [1.29, 1.82) is 0 Å². The van der Waals surface area contributed by atoms with Gasteiger partial charge >= 0.3 is 0 Å². The number of hydrogen-bond donors (Lipinski definition) is 2. The topological polar surface area (TPSA) is 75.6 Å². The number of para-hydroxylation sites is 1. The zero-order chi connectivity index (χ0) is 16.6. The van der Waals surface area contributed by atoms with Crippen molar-refractivity contribution in [3.63, 3.8) is 0 Å². The number of aryl methyl sites for hydroxylation is 1. The van der Waals surface area contributed by atoms with Gasteiger partial charge in [0.15, 0.2) is 5.69 Å². The van der Waals surface area contributed by atoms with E-state index in [9.17, 15) is 4.79 Å². The molecule has 0 spiro atoms. The van der Waals surface area contributed by atoms with E-state index in [0.29, 0.717) is 12.2 Å². The molecule has 2 heterocycles. The number of aromatic nitrogens is 4. The molecule has 24 heavy (non-hydrogen) atoms. The lowest BCUT2D eigenvalue weighted by atomic mass is 10.1. The number of amides is 1. The number of rotatable bonds is 6. The van der Waals surface area contributed by atoms with Crippen LogP contribution in [0.5, 0.6) is 0 Å². The third-order valence-corrected chi connectivity index (χ3v) is 4.89. The Morgan fingerprint density at radius 1 is 1.38 bits per heavy atom. The minimum absolute atomic E-state index is 0.111. The average molecular weight is 323 g/mol. The number of benzene rings is 1. The van der Waals surface area contributed by atoms with Crippen LogP contribution in [0.15, 0.2) is 36.7 Å². The van der Waals surface area contributed by atoms with Gasteiger partial charge in [0.05, 0.1) is 5.52 Å². The summed E-state index contributed by atoms with van der Waals surface area (Å²) in [5, 5.41) is 11.0. The number of aromatic amines is 1. The second-order valence-corrected chi connectivity index (χ2v) is 6.63. The Balaban J connectivity index is 1.44. The van der Waals surface area contributed by atoms with Crippen LogP contribution in [0.4, 0.5) is 0 Å². The Hall–Kier alpha value is -2.63. The Bertz CT molecular complexity index is 874. The molecule has 0 unspecified atom stereocenters. The fourth-order valence-electron chi connectivity index (χ4n) is 3.22. The molecule has 1 amide bonds. The van der Waals surface area contributed by atoms with Crippen molar-refractivity contribution in [3.8, 4) is 0 Å². The first-order chi connectivity index (χ1) is 11.7. The lowest BCUT2D eigenvalue weighted by molar-refractivity contribution is 0.0939. The van der Waals surface area contributed by atoms with E-state index < -0.39 is 0 Å². The molecule has 0 bridgehead atoms. The van der Waals surface area contributed by atoms with Gasteiger partial charge in [0.2, 0.25) is 0 Å². The lowest BCUT2D eigenvalue weighted by Crippen LogP contribution is -2.32. The summed E-state index contributed by atoms with van der Waals surface area (Å²) in [6, 6.07) is 7.69. The second-order valence-electron chi connectivity index (χ2n) is 6.63. The number of nitrogens with zero attached hydrogens (tertiary/aromatic N) is 3. The Labute approximate surface area is 140 Å². The van der Waals surface area contributed by atoms with Crippen molar-refractivity contribution >= 4 is 16.8 Å². The molecule has 0 radical (unpaired) electrons. The van der Waals surface area contributed by atoms with Crippen molar-refractivity contribution in [3.05, 3.63) is 48.2 Å². The predicted molar refractivity (Wildman–Crippen MR) is 91.7 cm³/mol. The number of hydrogen-bond acceptors (Lipinski definition) is 3. The van der Waals surface area contributed by atoms with Crippen LogP contribution in [0.3, 0.4) is 0 Å². The summed E-state index contributed by atoms with van der Waals surface area (Å²) in [4.78, 5) is 16.9. The van der Waals surface area contributed by atoms with Gasteiger partial charge in [0.1, 0.15) is 5.82 Å². The molecular formula is C18H21N5O. The molecule has 2 N–H and O–H groups in total. The zero-order valence-electron chi connectivity index (χ0n) is 13.7. The van der Waals surface area contributed by atoms with E-state index in [1.165, 1.54) is 0 Å². The highest BCUT2D eigenvalue weighted by molar-refractivity contribution is 6.04. The smallest absolute Gasteiger partial charge is 0.272 e. The van der Waals surface area contributed by atoms with E-state index in [4.69, 9.17) is 0 Å². The van der Waals surface area contributed by atoms with Crippen LogP contribution in [0.1, 0.15) is 36.1 Å². The van der Waals surface area contributed by atoms with Crippen LogP contribution in [0.2, 0.25) is 0 Å². The fraction of sp³-hybridized carbons (Fsp3) is 0.389. The average Bonchev–Trinajstić information content (AvgIpc) is 3.03. The number of H-pyrrole nitrogens is 1. The van der Waals surface area contributed by atoms with Crippen LogP contribution in [-0.2, 0) is 13.0 Å². The maximum Gasteiger partial charge on any atom is 0.272 e. The highest BCUT2D eigenvalue weighted by atomic mass is 16.1. The van der Waals surface area contributed by atoms with Gasteiger partial charge in [-0.3, -0.25) is 9.89 Å². The molecule has 3 aromatic rings. The molecule has 6 heteroatoms. The first-order valence-corrected chi connectivity index (χ1v) is 8.42. The van der Waals surface area contributed by atoms with Gasteiger partial charge in [0, 0.05) is 42.7 Å². The summed E-state index contributed by atoms with van der Waals surface area (Å²) < 4.78 is 2.21. The molecule has 0 atom stereocenters. The van der Waals surface area contributed by atoms with E-state index in [1.807, 2.05) is 36.7 Å². The third-order valence-electron chi connectivity index (χ3n) is 4.89. The largest absolute Gasteiger partial charge is 0.350 e. The minimum atomic E-state index is -0.111. The maximum absolute atomic E-state index is 12.5. The fourth-order valence-corrected chi connectivity index (χ4v) is 3.22. The van der Waals surface area contributed by atoms with Gasteiger partial charge in [-0.25, -0.2) is 4.98 Å². The molecule has 0 saturated heterocycles. The lowest BCUT2D eigenvalue weighted by Gasteiger charge is -2.18. The quantitative estimate of drug-likeness (QED) is 0.732. The van der Waals surface area contributed by atoms with E-state index >= 15 is 0 Å². The molecule has 1 saturated carbocycles. The number of imidazole rings is 1. The van der Waals surface area contributed by atoms with Gasteiger partial charge in [-0.15, -0.1) is 0 Å². The number of nitrogens with one attached hydrogen (secondary N) is 2. The van der Waals surface area contributed by atoms with Crippen molar-refractivity contribution in [1.82, 2.24) is 25.1 Å². The highest BCUT2D eigenvalue weighted by Crippen LogP contribution is 2.46. The zero-order valence-corrected chi connectivity index (χ0v) is 13.7. The van der Waals surface area contributed by atoms with Crippen molar-refractivity contribution in [2.45, 2.75) is 32.7 Å². The van der Waals surface area contributed by atoms with Gasteiger partial charge in [-0.05, 0) is 18.9 Å². The number of fused-ring (bicyclic) bond motifs is 1. The Morgan fingerprint density at radius 3 is 3.00 bits per heavy atom. The minimum Gasteiger partial charge on any atom is -0.350 e. The van der Waals surface area contributed by atoms with Gasteiger partial charge in [-0.1, -0.05) is 25.1 Å². The first kappa shape index (κ1) is 14.9. The molecule has 6 nitrogen and oxygen atoms in total. The van der Waals surface area contributed by atoms with E-state index in [0.717, 1.165) is 42.5 Å². The molecule has 1 aliphatic carbocycles. The van der Waals surface area contributed by atoms with Crippen LogP contribution in [0.25, 0.3) is 10.9 Å². The second kappa shape index (κ2) is 5.78. The molecule has 4 rings (SSSR count). The van der Waals surface area contributed by atoms with Crippen LogP contribution >= 0.6 is 0 Å². The van der Waals surface area contributed by atoms with Crippen LogP contribution in [-0.4, -0.2) is 32.2 Å². The monoisotopic (exact) mass is 323 g/mol. The molecule has 2 aromatic heterocycles. The summed E-state index contributed by atoms with van der Waals surface area (Å²) in [7, 11) is 0. The Kier molecular flexibility index (Phi) is 3.59. The van der Waals surface area contributed by atoms with Gasteiger partial charge < -0.3 is 9.88 Å². The number of carbonyl (C=O) groups is 1. The molecule has 1 aliphatic rings. The molecule has 1 aromatic carbocycles. The van der Waals surface area contributed by atoms with Crippen molar-refractivity contribution in [2.24, 2.45) is 5.41 Å². The molecule has 1 fully saturated rings. The van der Waals surface area contributed by atoms with E-state index in [1.54, 1.807) is 0 Å². The summed E-state index contributed by atoms with van der Waals surface area (Å²) in [5.41, 5.74) is 1.51. The molecule has 124 valence electrons. The van der Waals surface area contributed by atoms with Gasteiger partial charge in [-0.2, -0.15) is 5.10 Å². The third kappa shape index (κ3) is 2.68. The van der Waals surface area contributed by atoms with Gasteiger partial charge in [0.25, 0.3) is 5.91 Å². The SMILES string of the molecule is CCc1nccn1CC1(CNC(=O)c2n[nH]c3ccccc23)CC1. The normalized spacial score (nSPS) is 15.5. The standard InChI is InChI=1S/C18H21N5O/c1-2-15-19-9-10-23(15)12-18(7-8-18)11-20-17(24)16-13-5-3-4-6-14(13)21-22-16/h3-6,9-10H,2,7-8,11-12H2,1H3,(H,20,24)(H,21,22). The number of carbonyl (C=O) groups excluding carboxylic acids is 1. The summed E-state index contributed by atoms with van der Waals surface area (Å²) in [6.07, 6.45) is 7.08. The maximum atomic E-state index is 12.5. The molecule has 0 aliphatic heterocycles. The first-order valence-electron chi connectivity index (χ1n) is 8.42. The van der Waals surface area contributed by atoms with Crippen molar-refractivity contribution < 1.29 is 4.79 Å². The summed E-state index contributed by atoms with van der Waals surface area (Å²) >= 11 is 0. The predicted octanol–water partition coefficient (Wildman–Crippen LogP) is 2.53. The Morgan fingerprint density at radius 2 is 2.21 bits per heavy atom. The summed E-state index contributed by atoms with van der Waals surface area (Å²) in [5.74, 6) is 0.992. The summed E-state index contributed by atoms with van der Waals surface area (Å²) in [6.45, 7) is 3.70. The molecular weight excluding hydrogens is 302 g/mol. The highest BCUT2D eigenvalue weighted by Gasteiger charge is 2.43. The van der Waals surface area contributed by atoms with Crippen LogP contribution in [0, 0.1) is 5.41 Å². The van der Waals surface area contributed by atoms with E-state index in [-0.39, 0.29) is 11.3 Å². The van der Waals surface area contributed by atoms with Crippen LogP contribution < -0.4 is 5.32 Å². The van der Waals surface area contributed by atoms with E-state index in [2.05, 4.69) is 32.0 Å².